The average Bonchev–Trinajstić information content (AvgIpc) is 3.59. The molecule has 61 heavy (non-hydrogen) atoms. The number of nitrogens with two attached hydrogens (primary N) is 1. The van der Waals surface area contributed by atoms with Crippen LogP contribution in [-0.2, 0) is 7.05 Å². The molecule has 0 saturated carbocycles. The Morgan fingerprint density at radius 3 is 1.75 bits per heavy atom. The van der Waals surface area contributed by atoms with Crippen LogP contribution in [0.4, 0.5) is 28.7 Å². The number of isothiocyanates is 1. The Hall–Kier alpha value is -6.69. The van der Waals surface area contributed by atoms with Crippen molar-refractivity contribution in [1.82, 2.24) is 30.2 Å². The Labute approximate surface area is 374 Å². The van der Waals surface area contributed by atoms with Crippen LogP contribution in [0.25, 0.3) is 11.0 Å². The van der Waals surface area contributed by atoms with Crippen molar-refractivity contribution in [1.29, 1.82) is 0 Å². The van der Waals surface area contributed by atoms with Crippen LogP contribution in [0.15, 0.2) is 136 Å². The second kappa shape index (κ2) is 23.8. The normalized spacial score (nSPS) is 9.84. The summed E-state index contributed by atoms with van der Waals surface area (Å²) >= 11 is 11.2. The van der Waals surface area contributed by atoms with Gasteiger partial charge in [0.15, 0.2) is 0 Å². The molecular formula is C43H42Br2N10O5S. The number of anilines is 4. The van der Waals surface area contributed by atoms with E-state index in [1.54, 1.807) is 63.7 Å². The second-order valence-corrected chi connectivity index (χ2v) is 14.1. The molecule has 0 fully saturated rings. The number of nitrogens with zero attached hydrogens (tertiary/aromatic N) is 5. The van der Waals surface area contributed by atoms with Crippen molar-refractivity contribution in [2.24, 2.45) is 12.0 Å². The maximum Gasteiger partial charge on any atom is 0.269 e. The fourth-order valence-electron chi connectivity index (χ4n) is 5.14. The number of nitrogens with one attached hydrogen (secondary N) is 4. The number of hydrogen-bond acceptors (Lipinski definition) is 13. The van der Waals surface area contributed by atoms with Crippen molar-refractivity contribution in [3.8, 4) is 23.0 Å². The van der Waals surface area contributed by atoms with E-state index in [0.717, 1.165) is 50.1 Å². The lowest BCUT2D eigenvalue weighted by Crippen LogP contribution is -2.18. The van der Waals surface area contributed by atoms with Gasteiger partial charge in [-0.2, -0.15) is 4.99 Å². The molecule has 0 unspecified atom stereocenters. The molecule has 0 aliphatic heterocycles. The van der Waals surface area contributed by atoms with E-state index in [1.165, 1.54) is 6.20 Å². The van der Waals surface area contributed by atoms with Gasteiger partial charge in [-0.25, -0.2) is 4.98 Å². The number of pyridine rings is 2. The summed E-state index contributed by atoms with van der Waals surface area (Å²) in [6.07, 6.45) is 3.06. The number of carbonyl (C=O) groups excluding carboxylic acids is 2. The van der Waals surface area contributed by atoms with Crippen molar-refractivity contribution in [3.05, 3.63) is 142 Å². The fourth-order valence-corrected chi connectivity index (χ4v) is 5.78. The van der Waals surface area contributed by atoms with E-state index in [-0.39, 0.29) is 11.8 Å². The first kappa shape index (κ1) is 47.0. The van der Waals surface area contributed by atoms with Gasteiger partial charge in [0.05, 0.1) is 33.3 Å². The standard InChI is InChI=1S/C21H18BrN5O2.C14H16N4O2.C7H4BrNS.CH4O/c1-23-20(28)18-12-16(9-10-24-18)29-15-7-8-19-17(11-15)26-21(27(19)2)25-14-5-3-13(22)4-6-14;1-16-12-4-3-9(7-11(12)15)20-10-5-6-18-13(8-10)14(19)17-2;8-6-1-3-7(4-2-6)9-5-10;1-2/h3-12H,1-2H3,(H,23,28)(H,25,26);3-8,16H,15H2,1-2H3,(H,17,19);1-4H;2H,1H3. The number of ether oxygens (including phenoxy) is 2. The van der Waals surface area contributed by atoms with Crippen molar-refractivity contribution in [2.45, 2.75) is 0 Å². The summed E-state index contributed by atoms with van der Waals surface area (Å²) in [6, 6.07) is 33.0. The number of benzene rings is 4. The van der Waals surface area contributed by atoms with Crippen LogP contribution in [0.2, 0.25) is 0 Å². The average molecular weight is 971 g/mol. The van der Waals surface area contributed by atoms with Crippen molar-refractivity contribution >= 4 is 101 Å². The molecule has 0 aliphatic rings. The quantitative estimate of drug-likeness (QED) is 0.0432. The minimum atomic E-state index is -0.265. The molecule has 7 aromatic rings. The number of hydrogen-bond donors (Lipinski definition) is 6. The Morgan fingerprint density at radius 2 is 1.25 bits per heavy atom. The number of aliphatic hydroxyl groups is 1. The number of rotatable bonds is 10. The van der Waals surface area contributed by atoms with E-state index in [9.17, 15) is 9.59 Å². The van der Waals surface area contributed by atoms with Gasteiger partial charge in [-0.15, -0.1) is 0 Å². The maximum absolute atomic E-state index is 11.8. The number of aryl methyl sites for hydroxylation is 1. The molecule has 0 bridgehead atoms. The first-order valence-electron chi connectivity index (χ1n) is 18.1. The molecule has 314 valence electrons. The first-order chi connectivity index (χ1) is 29.5. The Balaban J connectivity index is 0.000000221. The number of aliphatic imine (C=N–C) groups is 1. The van der Waals surface area contributed by atoms with E-state index in [4.69, 9.17) is 20.3 Å². The Bertz CT molecular complexity index is 2610. The third kappa shape index (κ3) is 13.9. The highest BCUT2D eigenvalue weighted by atomic mass is 79.9. The van der Waals surface area contributed by atoms with E-state index in [1.807, 2.05) is 84.4 Å². The summed E-state index contributed by atoms with van der Waals surface area (Å²) in [5.41, 5.74) is 11.4. The molecule has 3 aromatic heterocycles. The molecule has 0 radical (unpaired) electrons. The first-order valence-corrected chi connectivity index (χ1v) is 20.1. The largest absolute Gasteiger partial charge is 0.457 e. The van der Waals surface area contributed by atoms with Gasteiger partial charge in [-0.3, -0.25) is 19.6 Å². The molecule has 18 heteroatoms. The van der Waals surface area contributed by atoms with Gasteiger partial charge >= 0.3 is 0 Å². The lowest BCUT2D eigenvalue weighted by atomic mass is 10.2. The molecule has 3 heterocycles. The molecule has 0 spiro atoms. The summed E-state index contributed by atoms with van der Waals surface area (Å²) in [5, 5.41) is 20.7. The third-order valence-electron chi connectivity index (χ3n) is 8.10. The molecule has 0 saturated heterocycles. The summed E-state index contributed by atoms with van der Waals surface area (Å²) in [7, 11) is 7.86. The van der Waals surface area contributed by atoms with Crippen LogP contribution in [0.5, 0.6) is 23.0 Å². The monoisotopic (exact) mass is 968 g/mol. The minimum absolute atomic E-state index is 0.263. The van der Waals surface area contributed by atoms with Crippen LogP contribution in [-0.4, -0.2) is 69.9 Å². The summed E-state index contributed by atoms with van der Waals surface area (Å²) in [6.45, 7) is 0. The zero-order valence-electron chi connectivity index (χ0n) is 33.6. The van der Waals surface area contributed by atoms with Crippen LogP contribution >= 0.6 is 44.1 Å². The topological polar surface area (TPSA) is 203 Å². The lowest BCUT2D eigenvalue weighted by Gasteiger charge is -2.10. The molecule has 0 aliphatic carbocycles. The zero-order chi connectivity index (χ0) is 44.3. The number of carbonyl (C=O) groups is 2. The van der Waals surface area contributed by atoms with Gasteiger partial charge in [-0.05, 0) is 97.1 Å². The number of fused-ring (bicyclic) bond motifs is 1. The van der Waals surface area contributed by atoms with Crippen molar-refractivity contribution in [3.63, 3.8) is 0 Å². The number of aromatic nitrogens is 4. The van der Waals surface area contributed by atoms with Gasteiger partial charge in [0.1, 0.15) is 34.4 Å². The predicted octanol–water partition coefficient (Wildman–Crippen LogP) is 9.28. The van der Waals surface area contributed by atoms with Crippen molar-refractivity contribution in [2.75, 3.05) is 44.6 Å². The van der Waals surface area contributed by atoms with Gasteiger partial charge in [0.2, 0.25) is 5.95 Å². The molecule has 7 N–H and O–H groups in total. The number of thiocarbonyl (C=S) groups is 1. The molecular weight excluding hydrogens is 928 g/mol. The van der Waals surface area contributed by atoms with E-state index < -0.39 is 0 Å². The minimum Gasteiger partial charge on any atom is -0.457 e. The SMILES string of the molecule is CNC(=O)c1cc(Oc2ccc(NC)c(N)c2)ccn1.CNC(=O)c1cc(Oc2ccc3c(c2)nc(Nc2ccc(Br)cc2)n3C)ccn1.CO.S=C=Nc1ccc(Br)cc1. The molecule has 7 rings (SSSR count). The zero-order valence-corrected chi connectivity index (χ0v) is 37.6. The maximum atomic E-state index is 11.8. The fraction of sp³-hybridized carbons (Fsp3) is 0.116. The van der Waals surface area contributed by atoms with Gasteiger partial charge in [-0.1, -0.05) is 31.9 Å². The van der Waals surface area contributed by atoms with Crippen LogP contribution in [0.3, 0.4) is 0 Å². The van der Waals surface area contributed by atoms with Gasteiger partial charge in [0.25, 0.3) is 11.8 Å². The predicted molar refractivity (Wildman–Crippen MR) is 251 cm³/mol. The highest BCUT2D eigenvalue weighted by Gasteiger charge is 2.12. The number of halogens is 2. The highest BCUT2D eigenvalue weighted by molar-refractivity contribution is 9.10. The Morgan fingerprint density at radius 1 is 0.738 bits per heavy atom. The van der Waals surface area contributed by atoms with Gasteiger partial charge in [0, 0.05) is 86.6 Å². The number of nitrogen functional groups attached to an aromatic ring is 1. The summed E-state index contributed by atoms with van der Waals surface area (Å²) < 4.78 is 15.6. The Kier molecular flexibility index (Phi) is 18.3. The molecule has 4 aromatic carbocycles. The molecule has 2 amide bonds. The number of amides is 2. The van der Waals surface area contributed by atoms with Crippen molar-refractivity contribution < 1.29 is 24.2 Å². The molecule has 15 nitrogen and oxygen atoms in total. The van der Waals surface area contributed by atoms with Gasteiger partial charge < -0.3 is 46.1 Å². The van der Waals surface area contributed by atoms with Crippen LogP contribution in [0, 0.1) is 0 Å². The number of imidazole rings is 1. The second-order valence-electron chi connectivity index (χ2n) is 12.1. The van der Waals surface area contributed by atoms with E-state index >= 15 is 0 Å². The summed E-state index contributed by atoms with van der Waals surface area (Å²) in [4.78, 5) is 39.7. The number of aliphatic hydroxyl groups excluding tert-OH is 1. The van der Waals surface area contributed by atoms with E-state index in [0.29, 0.717) is 40.1 Å². The molecule has 0 atom stereocenters. The van der Waals surface area contributed by atoms with Crippen LogP contribution < -0.4 is 36.5 Å². The van der Waals surface area contributed by atoms with E-state index in [2.05, 4.69) is 90.5 Å². The smallest absolute Gasteiger partial charge is 0.269 e. The highest BCUT2D eigenvalue weighted by Crippen LogP contribution is 2.30. The summed E-state index contributed by atoms with van der Waals surface area (Å²) in [5.74, 6) is 2.47. The lowest BCUT2D eigenvalue weighted by molar-refractivity contribution is 0.0950. The third-order valence-corrected chi connectivity index (χ3v) is 9.25. The van der Waals surface area contributed by atoms with Crippen LogP contribution in [0.1, 0.15) is 21.0 Å².